The minimum absolute atomic E-state index is 0.549. The summed E-state index contributed by atoms with van der Waals surface area (Å²) < 4.78 is 0. The summed E-state index contributed by atoms with van der Waals surface area (Å²) in [7, 11) is -0.549. The SMILES string of the molecule is C=C(C)C[SiH](CCC)CC(=C)C. The molecule has 12 heavy (non-hydrogen) atoms. The Morgan fingerprint density at radius 1 is 1.08 bits per heavy atom. The maximum atomic E-state index is 3.99. The molecule has 0 unspecified atom stereocenters. The van der Waals surface area contributed by atoms with Gasteiger partial charge in [0.1, 0.15) is 0 Å². The molecule has 0 atom stereocenters. The zero-order chi connectivity index (χ0) is 9.56. The fourth-order valence-corrected chi connectivity index (χ4v) is 5.01. The summed E-state index contributed by atoms with van der Waals surface area (Å²) in [5, 5.41) is 0. The first-order chi connectivity index (χ1) is 5.56. The third kappa shape index (κ3) is 6.41. The molecule has 0 amide bonds. The van der Waals surface area contributed by atoms with E-state index < -0.39 is 8.80 Å². The van der Waals surface area contributed by atoms with E-state index in [1.54, 1.807) is 0 Å². The zero-order valence-electron chi connectivity index (χ0n) is 8.82. The summed E-state index contributed by atoms with van der Waals surface area (Å²) in [5.74, 6) is 0. The van der Waals surface area contributed by atoms with Gasteiger partial charge in [-0.15, -0.1) is 13.2 Å². The lowest BCUT2D eigenvalue weighted by Gasteiger charge is -2.13. The Balaban J connectivity index is 3.85. The topological polar surface area (TPSA) is 0 Å². The largest absolute Gasteiger partial charge is 0.100 e. The van der Waals surface area contributed by atoms with Crippen LogP contribution in [0.15, 0.2) is 24.3 Å². The molecule has 0 aromatic heterocycles. The number of allylic oxidation sites excluding steroid dienone is 2. The van der Waals surface area contributed by atoms with Gasteiger partial charge in [0.2, 0.25) is 0 Å². The molecule has 0 saturated carbocycles. The highest BCUT2D eigenvalue weighted by molar-refractivity contribution is 6.60. The molecule has 0 aliphatic carbocycles. The summed E-state index contributed by atoms with van der Waals surface area (Å²) in [6, 6.07) is 4.06. The summed E-state index contributed by atoms with van der Waals surface area (Å²) in [6.07, 6.45) is 1.33. The van der Waals surface area contributed by atoms with E-state index in [-0.39, 0.29) is 0 Å². The number of hydrogen-bond donors (Lipinski definition) is 0. The molecule has 0 saturated heterocycles. The van der Waals surface area contributed by atoms with E-state index in [1.807, 2.05) is 0 Å². The molecule has 0 fully saturated rings. The first kappa shape index (κ1) is 11.7. The fourth-order valence-electron chi connectivity index (χ4n) is 1.67. The van der Waals surface area contributed by atoms with Crippen LogP contribution in [0.5, 0.6) is 0 Å². The Hall–Kier alpha value is -0.303. The van der Waals surface area contributed by atoms with Crippen LogP contribution in [0.25, 0.3) is 0 Å². The second kappa shape index (κ2) is 6.24. The van der Waals surface area contributed by atoms with Gasteiger partial charge in [0.15, 0.2) is 0 Å². The average Bonchev–Trinajstić information content (AvgIpc) is 1.84. The summed E-state index contributed by atoms with van der Waals surface area (Å²) >= 11 is 0. The van der Waals surface area contributed by atoms with Gasteiger partial charge in [-0.1, -0.05) is 30.5 Å². The van der Waals surface area contributed by atoms with Gasteiger partial charge in [-0.25, -0.2) is 0 Å². The van der Waals surface area contributed by atoms with Gasteiger partial charge in [0, 0.05) is 8.80 Å². The summed E-state index contributed by atoms with van der Waals surface area (Å²) in [6.45, 7) is 14.5. The first-order valence-corrected chi connectivity index (χ1v) is 7.30. The monoisotopic (exact) mass is 182 g/mol. The molecule has 0 N–H and O–H groups in total. The minimum atomic E-state index is -0.549. The molecule has 0 nitrogen and oxygen atoms in total. The van der Waals surface area contributed by atoms with Crippen LogP contribution in [0, 0.1) is 0 Å². The van der Waals surface area contributed by atoms with E-state index in [1.165, 1.54) is 35.7 Å². The van der Waals surface area contributed by atoms with Gasteiger partial charge in [-0.3, -0.25) is 0 Å². The molecule has 1 heteroatoms. The highest BCUT2D eigenvalue weighted by atomic mass is 28.3. The van der Waals surface area contributed by atoms with Crippen molar-refractivity contribution in [1.29, 1.82) is 0 Å². The van der Waals surface area contributed by atoms with Crippen molar-refractivity contribution in [3.05, 3.63) is 24.3 Å². The Morgan fingerprint density at radius 3 is 1.75 bits per heavy atom. The second-order valence-corrected chi connectivity index (χ2v) is 7.10. The van der Waals surface area contributed by atoms with Crippen molar-refractivity contribution in [3.8, 4) is 0 Å². The normalized spacial score (nSPS) is 10.3. The maximum Gasteiger partial charge on any atom is 0.0448 e. The van der Waals surface area contributed by atoms with Crippen molar-refractivity contribution in [2.75, 3.05) is 0 Å². The predicted octanol–water partition coefficient (Wildman–Crippen LogP) is 3.78. The Morgan fingerprint density at radius 2 is 1.50 bits per heavy atom. The molecule has 0 radical (unpaired) electrons. The van der Waals surface area contributed by atoms with Crippen LogP contribution in [0.2, 0.25) is 18.1 Å². The first-order valence-electron chi connectivity index (χ1n) is 4.85. The second-order valence-electron chi connectivity index (χ2n) is 3.98. The lowest BCUT2D eigenvalue weighted by Crippen LogP contribution is -2.11. The third-order valence-electron chi connectivity index (χ3n) is 1.97. The molecule has 0 aliphatic heterocycles. The Kier molecular flexibility index (Phi) is 6.08. The molecule has 0 spiro atoms. The van der Waals surface area contributed by atoms with Crippen molar-refractivity contribution in [1.82, 2.24) is 0 Å². The van der Waals surface area contributed by atoms with Crippen LogP contribution in [-0.2, 0) is 0 Å². The van der Waals surface area contributed by atoms with Gasteiger partial charge in [0.25, 0.3) is 0 Å². The van der Waals surface area contributed by atoms with E-state index in [2.05, 4.69) is 33.9 Å². The maximum absolute atomic E-state index is 3.99. The number of rotatable bonds is 6. The van der Waals surface area contributed by atoms with Gasteiger partial charge in [0.05, 0.1) is 0 Å². The van der Waals surface area contributed by atoms with Crippen LogP contribution >= 0.6 is 0 Å². The molecule has 0 aromatic rings. The van der Waals surface area contributed by atoms with E-state index in [9.17, 15) is 0 Å². The van der Waals surface area contributed by atoms with Crippen molar-refractivity contribution in [2.24, 2.45) is 0 Å². The molecule has 0 aromatic carbocycles. The van der Waals surface area contributed by atoms with Crippen LogP contribution in [0.1, 0.15) is 27.2 Å². The standard InChI is InChI=1S/C11H22Si/c1-6-7-12(8-10(2)3)9-11(4)5/h12H,2,4,6-9H2,1,3,5H3. The van der Waals surface area contributed by atoms with Crippen molar-refractivity contribution < 1.29 is 0 Å². The van der Waals surface area contributed by atoms with Gasteiger partial charge >= 0.3 is 0 Å². The molecule has 0 heterocycles. The molecule has 0 rings (SSSR count). The van der Waals surface area contributed by atoms with Crippen molar-refractivity contribution in [2.45, 2.75) is 45.3 Å². The van der Waals surface area contributed by atoms with Crippen LogP contribution < -0.4 is 0 Å². The average molecular weight is 182 g/mol. The molecule has 0 aliphatic rings. The van der Waals surface area contributed by atoms with Crippen molar-refractivity contribution >= 4 is 8.80 Å². The summed E-state index contributed by atoms with van der Waals surface area (Å²) in [5.41, 5.74) is 2.72. The molecule has 70 valence electrons. The van der Waals surface area contributed by atoms with E-state index in [0.717, 1.165) is 0 Å². The third-order valence-corrected chi connectivity index (χ3v) is 5.91. The fraction of sp³-hybridized carbons (Fsp3) is 0.636. The van der Waals surface area contributed by atoms with E-state index in [4.69, 9.17) is 0 Å². The molecule has 0 bridgehead atoms. The van der Waals surface area contributed by atoms with Gasteiger partial charge in [-0.2, -0.15) is 0 Å². The Bertz CT molecular complexity index is 142. The predicted molar refractivity (Wildman–Crippen MR) is 61.5 cm³/mol. The quantitative estimate of drug-likeness (QED) is 0.433. The van der Waals surface area contributed by atoms with E-state index >= 15 is 0 Å². The number of hydrogen-bond acceptors (Lipinski definition) is 0. The molecular weight excluding hydrogens is 160 g/mol. The highest BCUT2D eigenvalue weighted by Crippen LogP contribution is 2.16. The zero-order valence-corrected chi connectivity index (χ0v) is 9.97. The lowest BCUT2D eigenvalue weighted by molar-refractivity contribution is 1.04. The molecular formula is C11H22Si. The minimum Gasteiger partial charge on any atom is -0.100 e. The van der Waals surface area contributed by atoms with Gasteiger partial charge < -0.3 is 0 Å². The smallest absolute Gasteiger partial charge is 0.0448 e. The van der Waals surface area contributed by atoms with Crippen LogP contribution in [0.4, 0.5) is 0 Å². The summed E-state index contributed by atoms with van der Waals surface area (Å²) in [4.78, 5) is 0. The Labute approximate surface area is 79.0 Å². The van der Waals surface area contributed by atoms with Crippen LogP contribution in [-0.4, -0.2) is 8.80 Å². The van der Waals surface area contributed by atoms with Gasteiger partial charge in [-0.05, 0) is 25.9 Å². The van der Waals surface area contributed by atoms with Crippen LogP contribution in [0.3, 0.4) is 0 Å². The van der Waals surface area contributed by atoms with Crippen molar-refractivity contribution in [3.63, 3.8) is 0 Å². The lowest BCUT2D eigenvalue weighted by atomic mass is 10.4. The van der Waals surface area contributed by atoms with E-state index in [0.29, 0.717) is 0 Å². The highest BCUT2D eigenvalue weighted by Gasteiger charge is 2.09.